The molecule has 1 aliphatic heterocycles. The van der Waals surface area contributed by atoms with Gasteiger partial charge < -0.3 is 9.80 Å². The fourth-order valence-corrected chi connectivity index (χ4v) is 4.77. The van der Waals surface area contributed by atoms with Crippen LogP contribution in [0.1, 0.15) is 48.8 Å². The first-order valence-corrected chi connectivity index (χ1v) is 11.8. The van der Waals surface area contributed by atoms with Crippen LogP contribution in [0.15, 0.2) is 29.6 Å². The number of fused-ring (bicyclic) bond motifs is 1. The normalized spacial score (nSPS) is 21.3. The number of piperazine rings is 1. The van der Waals surface area contributed by atoms with Crippen LogP contribution in [-0.4, -0.2) is 71.3 Å². The molecule has 2 atom stereocenters. The average molecular weight is 413 g/mol. The first-order valence-electron chi connectivity index (χ1n) is 10.6. The van der Waals surface area contributed by atoms with Gasteiger partial charge in [0.25, 0.3) is 0 Å². The van der Waals surface area contributed by atoms with Gasteiger partial charge in [-0.2, -0.15) is 0 Å². The zero-order chi connectivity index (χ0) is 20.4. The lowest BCUT2D eigenvalue weighted by Gasteiger charge is -2.36. The molecular weight excluding hydrogens is 380 g/mol. The molecule has 1 saturated heterocycles. The molecule has 0 aromatic carbocycles. The van der Waals surface area contributed by atoms with Crippen LogP contribution in [0.2, 0.25) is 0 Å². The third kappa shape index (κ3) is 4.42. The zero-order valence-corrected chi connectivity index (χ0v) is 18.8. The van der Waals surface area contributed by atoms with Crippen molar-refractivity contribution in [2.45, 2.75) is 43.4 Å². The highest BCUT2D eigenvalue weighted by atomic mass is 32.2. The molecule has 1 aliphatic carbocycles. The highest BCUT2D eigenvalue weighted by molar-refractivity contribution is 7.98. The van der Waals surface area contributed by atoms with E-state index >= 15 is 0 Å². The number of rotatable bonds is 5. The molecule has 0 spiro atoms. The van der Waals surface area contributed by atoms with E-state index in [4.69, 9.17) is 15.0 Å². The Kier molecular flexibility index (Phi) is 6.37. The quantitative estimate of drug-likeness (QED) is 0.551. The van der Waals surface area contributed by atoms with Crippen molar-refractivity contribution in [2.75, 3.05) is 51.4 Å². The van der Waals surface area contributed by atoms with Crippen molar-refractivity contribution >= 4 is 17.6 Å². The first-order chi connectivity index (χ1) is 14.1. The monoisotopic (exact) mass is 412 g/mol. The van der Waals surface area contributed by atoms with Gasteiger partial charge in [0, 0.05) is 44.5 Å². The first kappa shape index (κ1) is 20.6. The lowest BCUT2D eigenvalue weighted by atomic mass is 9.90. The predicted molar refractivity (Wildman–Crippen MR) is 120 cm³/mol. The summed E-state index contributed by atoms with van der Waals surface area (Å²) in [6.45, 7) is 6.45. The number of nitrogens with zero attached hydrogens (tertiary/aromatic N) is 6. The topological polar surface area (TPSA) is 48.4 Å². The van der Waals surface area contributed by atoms with E-state index in [9.17, 15) is 0 Å². The number of pyridine rings is 1. The minimum absolute atomic E-state index is 0.202. The molecule has 156 valence electrons. The predicted octanol–water partition coefficient (Wildman–Crippen LogP) is 3.42. The van der Waals surface area contributed by atoms with E-state index in [1.807, 2.05) is 6.20 Å². The van der Waals surface area contributed by atoms with Crippen LogP contribution in [0.5, 0.6) is 0 Å². The molecule has 2 aromatic heterocycles. The number of hydrogen-bond acceptors (Lipinski definition) is 7. The summed E-state index contributed by atoms with van der Waals surface area (Å²) in [4.78, 5) is 21.7. The molecule has 0 N–H and O–H groups in total. The molecule has 2 aliphatic rings. The molecule has 0 bridgehead atoms. The van der Waals surface area contributed by atoms with Gasteiger partial charge >= 0.3 is 0 Å². The third-order valence-corrected chi connectivity index (χ3v) is 6.97. The summed E-state index contributed by atoms with van der Waals surface area (Å²) in [5.41, 5.74) is 3.74. The second kappa shape index (κ2) is 8.98. The fraction of sp³-hybridized carbons (Fsp3) is 0.591. The van der Waals surface area contributed by atoms with Crippen molar-refractivity contribution in [3.05, 3.63) is 41.3 Å². The molecule has 0 radical (unpaired) electrons. The zero-order valence-electron chi connectivity index (χ0n) is 18.0. The molecule has 29 heavy (non-hydrogen) atoms. The molecular formula is C22H32N6S. The van der Waals surface area contributed by atoms with Gasteiger partial charge in [0.05, 0.1) is 17.4 Å². The molecule has 1 fully saturated rings. The van der Waals surface area contributed by atoms with Crippen LogP contribution in [0, 0.1) is 0 Å². The van der Waals surface area contributed by atoms with Gasteiger partial charge in [-0.1, -0.05) is 17.8 Å². The number of anilines is 1. The summed E-state index contributed by atoms with van der Waals surface area (Å²) in [5.74, 6) is 1.06. The van der Waals surface area contributed by atoms with Crippen molar-refractivity contribution in [3.8, 4) is 0 Å². The fourth-order valence-electron chi connectivity index (χ4n) is 4.39. The molecule has 6 nitrogen and oxygen atoms in total. The molecule has 2 aromatic rings. The molecule has 1 unspecified atom stereocenters. The molecule has 0 saturated carbocycles. The minimum atomic E-state index is 0.202. The second-order valence-corrected chi connectivity index (χ2v) is 9.00. The summed E-state index contributed by atoms with van der Waals surface area (Å²) >= 11 is 1.62. The molecule has 4 rings (SSSR count). The van der Waals surface area contributed by atoms with Gasteiger partial charge in [0.15, 0.2) is 5.16 Å². The highest BCUT2D eigenvalue weighted by Gasteiger charge is 2.29. The summed E-state index contributed by atoms with van der Waals surface area (Å²) in [6, 6.07) is 7.04. The van der Waals surface area contributed by atoms with Crippen LogP contribution >= 0.6 is 11.8 Å². The Morgan fingerprint density at radius 2 is 2.00 bits per heavy atom. The van der Waals surface area contributed by atoms with Gasteiger partial charge in [0.2, 0.25) is 0 Å². The van der Waals surface area contributed by atoms with Crippen LogP contribution in [0.25, 0.3) is 0 Å². The van der Waals surface area contributed by atoms with Crippen molar-refractivity contribution in [1.29, 1.82) is 0 Å². The molecule has 7 heteroatoms. The van der Waals surface area contributed by atoms with Crippen molar-refractivity contribution in [2.24, 2.45) is 0 Å². The Bertz CT molecular complexity index is 836. The SMILES string of the molecule is CSc1nc([C@@H](C)N(C)C2CCCc3cccnc32)cc(N2CCN(C)CC2)n1. The van der Waals surface area contributed by atoms with E-state index in [2.05, 4.69) is 60.2 Å². The van der Waals surface area contributed by atoms with Crippen LogP contribution in [0.4, 0.5) is 5.82 Å². The van der Waals surface area contributed by atoms with Crippen LogP contribution < -0.4 is 4.90 Å². The van der Waals surface area contributed by atoms with Gasteiger partial charge in [-0.25, -0.2) is 9.97 Å². The van der Waals surface area contributed by atoms with Gasteiger partial charge in [-0.05, 0) is 58.2 Å². The molecule has 3 heterocycles. The summed E-state index contributed by atoms with van der Waals surface area (Å²) in [7, 11) is 4.40. The lowest BCUT2D eigenvalue weighted by molar-refractivity contribution is 0.161. The van der Waals surface area contributed by atoms with E-state index < -0.39 is 0 Å². The Morgan fingerprint density at radius 3 is 2.76 bits per heavy atom. The maximum Gasteiger partial charge on any atom is 0.189 e. The maximum absolute atomic E-state index is 4.89. The van der Waals surface area contributed by atoms with E-state index in [-0.39, 0.29) is 6.04 Å². The van der Waals surface area contributed by atoms with Gasteiger partial charge in [-0.3, -0.25) is 9.88 Å². The van der Waals surface area contributed by atoms with Crippen molar-refractivity contribution < 1.29 is 0 Å². The summed E-state index contributed by atoms with van der Waals surface area (Å²) < 4.78 is 0. The van der Waals surface area contributed by atoms with Gasteiger partial charge in [-0.15, -0.1) is 0 Å². The number of aryl methyl sites for hydroxylation is 1. The smallest absolute Gasteiger partial charge is 0.189 e. The summed E-state index contributed by atoms with van der Waals surface area (Å²) in [6.07, 6.45) is 7.49. The highest BCUT2D eigenvalue weighted by Crippen LogP contribution is 2.36. The summed E-state index contributed by atoms with van der Waals surface area (Å²) in [5, 5.41) is 0.860. The van der Waals surface area contributed by atoms with Crippen molar-refractivity contribution in [1.82, 2.24) is 24.8 Å². The Hall–Kier alpha value is -1.70. The Balaban J connectivity index is 1.59. The largest absolute Gasteiger partial charge is 0.354 e. The minimum Gasteiger partial charge on any atom is -0.354 e. The Morgan fingerprint density at radius 1 is 1.21 bits per heavy atom. The van der Waals surface area contributed by atoms with Gasteiger partial charge in [0.1, 0.15) is 5.82 Å². The number of likely N-dealkylation sites (N-methyl/N-ethyl adjacent to an activating group) is 1. The third-order valence-electron chi connectivity index (χ3n) is 6.42. The van der Waals surface area contributed by atoms with E-state index in [0.29, 0.717) is 6.04 Å². The molecule has 0 amide bonds. The standard InChI is InChI=1S/C22H32N6S/c1-16(27(3)19-9-5-7-17-8-6-10-23-21(17)19)18-15-20(25-22(24-18)29-4)28-13-11-26(2)12-14-28/h6,8,10,15-16,19H,5,7,9,11-14H2,1-4H3/t16-,19?/m1/s1. The number of thioether (sulfide) groups is 1. The Labute approximate surface area is 178 Å². The number of hydrogen-bond donors (Lipinski definition) is 0. The van der Waals surface area contributed by atoms with Crippen molar-refractivity contribution in [3.63, 3.8) is 0 Å². The second-order valence-electron chi connectivity index (χ2n) is 8.23. The van der Waals surface area contributed by atoms with E-state index in [1.165, 1.54) is 17.7 Å². The lowest BCUT2D eigenvalue weighted by Crippen LogP contribution is -2.45. The van der Waals surface area contributed by atoms with E-state index in [1.54, 1.807) is 11.8 Å². The van der Waals surface area contributed by atoms with E-state index in [0.717, 1.165) is 55.7 Å². The average Bonchev–Trinajstić information content (AvgIpc) is 2.77. The number of aromatic nitrogens is 3. The van der Waals surface area contributed by atoms with Crippen LogP contribution in [0.3, 0.4) is 0 Å². The maximum atomic E-state index is 4.89. The van der Waals surface area contributed by atoms with Crippen LogP contribution in [-0.2, 0) is 6.42 Å².